The lowest BCUT2D eigenvalue weighted by Gasteiger charge is -2.23. The van der Waals surface area contributed by atoms with Gasteiger partial charge in [-0.1, -0.05) is 12.1 Å². The predicted octanol–water partition coefficient (Wildman–Crippen LogP) is 3.24. The van der Waals surface area contributed by atoms with Crippen molar-refractivity contribution in [3.8, 4) is 17.2 Å². The molecule has 1 atom stereocenters. The molecule has 1 N–H and O–H groups in total. The molecule has 3 rings (SSSR count). The van der Waals surface area contributed by atoms with Gasteiger partial charge in [-0.2, -0.15) is 0 Å². The average Bonchev–Trinajstić information content (AvgIpc) is 3.19. The Morgan fingerprint density at radius 1 is 1.16 bits per heavy atom. The number of nitrogens with one attached hydrogen (secondary N) is 1. The van der Waals surface area contributed by atoms with E-state index in [1.165, 1.54) is 4.31 Å². The highest BCUT2D eigenvalue weighted by Crippen LogP contribution is 2.36. The largest absolute Gasteiger partial charge is 0.494 e. The van der Waals surface area contributed by atoms with Crippen molar-refractivity contribution in [2.75, 3.05) is 30.5 Å². The standard InChI is InChI=1S/C22H28N2O6S/c1-4-28-19-10-7-17(8-11-19)16(2)23-22(25)6-5-13-24(31(3,26)27)18-9-12-20-21(14-18)30-15-29-20/h7-12,14,16H,4-6,13,15H2,1-3H3,(H,23,25)/t16-/m1/s1. The SMILES string of the molecule is CCOc1ccc([C@@H](C)NC(=O)CCCN(c2ccc3c(c2)OCO3)S(C)(=O)=O)cc1. The normalized spacial score (nSPS) is 13.5. The smallest absolute Gasteiger partial charge is 0.232 e. The van der Waals surface area contributed by atoms with Crippen LogP contribution in [0.25, 0.3) is 0 Å². The van der Waals surface area contributed by atoms with Crippen LogP contribution >= 0.6 is 0 Å². The van der Waals surface area contributed by atoms with Crippen molar-refractivity contribution in [1.29, 1.82) is 0 Å². The molecular weight excluding hydrogens is 420 g/mol. The molecule has 0 spiro atoms. The van der Waals surface area contributed by atoms with Gasteiger partial charge >= 0.3 is 0 Å². The molecule has 0 saturated heterocycles. The molecule has 1 heterocycles. The van der Waals surface area contributed by atoms with Crippen LogP contribution < -0.4 is 23.8 Å². The first kappa shape index (κ1) is 22.7. The molecule has 0 bridgehead atoms. The lowest BCUT2D eigenvalue weighted by molar-refractivity contribution is -0.121. The van der Waals surface area contributed by atoms with E-state index in [-0.39, 0.29) is 31.7 Å². The summed E-state index contributed by atoms with van der Waals surface area (Å²) in [6.07, 6.45) is 1.73. The molecule has 168 valence electrons. The van der Waals surface area contributed by atoms with E-state index in [1.54, 1.807) is 18.2 Å². The van der Waals surface area contributed by atoms with E-state index in [1.807, 2.05) is 38.1 Å². The summed E-state index contributed by atoms with van der Waals surface area (Å²) >= 11 is 0. The molecule has 31 heavy (non-hydrogen) atoms. The third-order valence-corrected chi connectivity index (χ3v) is 6.07. The summed E-state index contributed by atoms with van der Waals surface area (Å²) in [4.78, 5) is 12.4. The zero-order valence-electron chi connectivity index (χ0n) is 18.0. The molecule has 1 aliphatic heterocycles. The molecule has 1 aliphatic rings. The fraction of sp³-hybridized carbons (Fsp3) is 0.409. The predicted molar refractivity (Wildman–Crippen MR) is 118 cm³/mol. The van der Waals surface area contributed by atoms with E-state index in [2.05, 4.69) is 5.32 Å². The van der Waals surface area contributed by atoms with Crippen LogP contribution in [0.4, 0.5) is 5.69 Å². The molecule has 0 fully saturated rings. The Morgan fingerprint density at radius 2 is 1.87 bits per heavy atom. The van der Waals surface area contributed by atoms with Crippen molar-refractivity contribution in [3.05, 3.63) is 48.0 Å². The molecule has 1 amide bonds. The quantitative estimate of drug-likeness (QED) is 0.600. The molecule has 8 nitrogen and oxygen atoms in total. The van der Waals surface area contributed by atoms with Crippen molar-refractivity contribution in [2.24, 2.45) is 0 Å². The van der Waals surface area contributed by atoms with Crippen LogP contribution in [0.1, 0.15) is 38.3 Å². The number of fused-ring (bicyclic) bond motifs is 1. The minimum absolute atomic E-state index is 0.115. The number of carbonyl (C=O) groups is 1. The summed E-state index contributed by atoms with van der Waals surface area (Å²) in [6, 6.07) is 12.4. The van der Waals surface area contributed by atoms with E-state index >= 15 is 0 Å². The number of nitrogens with zero attached hydrogens (tertiary/aromatic N) is 1. The second-order valence-corrected chi connectivity index (χ2v) is 9.17. The molecule has 0 aromatic heterocycles. The monoisotopic (exact) mass is 448 g/mol. The summed E-state index contributed by atoms with van der Waals surface area (Å²) in [5, 5.41) is 2.95. The van der Waals surface area contributed by atoms with Crippen LogP contribution in [0.5, 0.6) is 17.2 Å². The van der Waals surface area contributed by atoms with Gasteiger partial charge in [0.15, 0.2) is 11.5 Å². The second-order valence-electron chi connectivity index (χ2n) is 7.27. The summed E-state index contributed by atoms with van der Waals surface area (Å²) in [5.41, 5.74) is 1.45. The molecule has 0 radical (unpaired) electrons. The van der Waals surface area contributed by atoms with E-state index in [4.69, 9.17) is 14.2 Å². The number of carbonyl (C=O) groups excluding carboxylic acids is 1. The first-order valence-electron chi connectivity index (χ1n) is 10.2. The number of hydrogen-bond donors (Lipinski definition) is 1. The Bertz CT molecular complexity index is 1010. The van der Waals surface area contributed by atoms with Gasteiger partial charge in [0.1, 0.15) is 5.75 Å². The Balaban J connectivity index is 1.54. The zero-order chi connectivity index (χ0) is 22.4. The second kappa shape index (κ2) is 9.91. The topological polar surface area (TPSA) is 94.2 Å². The van der Waals surface area contributed by atoms with Crippen LogP contribution in [0, 0.1) is 0 Å². The van der Waals surface area contributed by atoms with Gasteiger partial charge in [0.25, 0.3) is 0 Å². The fourth-order valence-corrected chi connectivity index (χ4v) is 4.28. The number of ether oxygens (including phenoxy) is 3. The Morgan fingerprint density at radius 3 is 2.55 bits per heavy atom. The summed E-state index contributed by atoms with van der Waals surface area (Å²) in [7, 11) is -3.51. The number of sulfonamides is 1. The van der Waals surface area contributed by atoms with Crippen LogP contribution in [-0.4, -0.2) is 40.5 Å². The zero-order valence-corrected chi connectivity index (χ0v) is 18.8. The maximum Gasteiger partial charge on any atom is 0.232 e. The first-order chi connectivity index (χ1) is 14.8. The maximum atomic E-state index is 12.4. The molecule has 0 unspecified atom stereocenters. The lowest BCUT2D eigenvalue weighted by Crippen LogP contribution is -2.32. The Kier molecular flexibility index (Phi) is 7.27. The fourth-order valence-electron chi connectivity index (χ4n) is 3.33. The van der Waals surface area contributed by atoms with Crippen molar-refractivity contribution >= 4 is 21.6 Å². The average molecular weight is 449 g/mol. The van der Waals surface area contributed by atoms with E-state index in [9.17, 15) is 13.2 Å². The number of rotatable bonds is 10. The molecule has 9 heteroatoms. The summed E-state index contributed by atoms with van der Waals surface area (Å²) in [5.74, 6) is 1.74. The van der Waals surface area contributed by atoms with Gasteiger partial charge in [0.2, 0.25) is 22.7 Å². The number of hydrogen-bond acceptors (Lipinski definition) is 6. The van der Waals surface area contributed by atoms with Gasteiger partial charge < -0.3 is 19.5 Å². The van der Waals surface area contributed by atoms with Gasteiger partial charge in [0.05, 0.1) is 24.6 Å². The molecule has 0 saturated carbocycles. The van der Waals surface area contributed by atoms with Gasteiger partial charge in [-0.3, -0.25) is 9.10 Å². The van der Waals surface area contributed by atoms with Crippen molar-refractivity contribution < 1.29 is 27.4 Å². The van der Waals surface area contributed by atoms with Gasteiger partial charge in [0, 0.05) is 19.0 Å². The minimum Gasteiger partial charge on any atom is -0.494 e. The highest BCUT2D eigenvalue weighted by Gasteiger charge is 2.21. The molecular formula is C22H28N2O6S. The summed E-state index contributed by atoms with van der Waals surface area (Å²) < 4.78 is 41.9. The highest BCUT2D eigenvalue weighted by atomic mass is 32.2. The first-order valence-corrected chi connectivity index (χ1v) is 12.0. The van der Waals surface area contributed by atoms with Gasteiger partial charge in [-0.15, -0.1) is 0 Å². The van der Waals surface area contributed by atoms with E-state index in [0.717, 1.165) is 17.6 Å². The van der Waals surface area contributed by atoms with E-state index in [0.29, 0.717) is 30.2 Å². The minimum atomic E-state index is -3.51. The van der Waals surface area contributed by atoms with Crippen LogP contribution in [0.2, 0.25) is 0 Å². The Hall–Kier alpha value is -2.94. The third-order valence-electron chi connectivity index (χ3n) is 4.88. The van der Waals surface area contributed by atoms with Gasteiger partial charge in [-0.25, -0.2) is 8.42 Å². The van der Waals surface area contributed by atoms with Crippen LogP contribution in [0.3, 0.4) is 0 Å². The number of benzene rings is 2. The molecule has 0 aliphatic carbocycles. The van der Waals surface area contributed by atoms with Crippen LogP contribution in [-0.2, 0) is 14.8 Å². The molecule has 2 aromatic carbocycles. The van der Waals surface area contributed by atoms with Gasteiger partial charge in [-0.05, 0) is 50.1 Å². The number of anilines is 1. The third kappa shape index (κ3) is 6.04. The molecule has 2 aromatic rings. The summed E-state index contributed by atoms with van der Waals surface area (Å²) in [6.45, 7) is 4.73. The van der Waals surface area contributed by atoms with Crippen molar-refractivity contribution in [2.45, 2.75) is 32.7 Å². The van der Waals surface area contributed by atoms with E-state index < -0.39 is 10.0 Å². The van der Waals surface area contributed by atoms with Crippen molar-refractivity contribution in [3.63, 3.8) is 0 Å². The van der Waals surface area contributed by atoms with Crippen molar-refractivity contribution in [1.82, 2.24) is 5.32 Å². The lowest BCUT2D eigenvalue weighted by atomic mass is 10.1. The maximum absolute atomic E-state index is 12.4. The number of amides is 1. The van der Waals surface area contributed by atoms with Crippen LogP contribution in [0.15, 0.2) is 42.5 Å². The Labute approximate surface area is 183 Å². The highest BCUT2D eigenvalue weighted by molar-refractivity contribution is 7.92.